The Kier molecular flexibility index (Phi) is 3.91. The molecule has 1 aromatic heterocycles. The minimum absolute atomic E-state index is 0.0695. The number of hydrogen-bond acceptors (Lipinski definition) is 4. The van der Waals surface area contributed by atoms with Gasteiger partial charge in [-0.2, -0.15) is 0 Å². The van der Waals surface area contributed by atoms with Crippen LogP contribution in [-0.4, -0.2) is 20.4 Å². The smallest absolute Gasteiger partial charge is 0.240 e. The molecule has 0 saturated carbocycles. The van der Waals surface area contributed by atoms with Gasteiger partial charge in [0.1, 0.15) is 5.75 Å². The SMILES string of the molecule is Cc1ccc(N(C)S(=O)(=O)Cc2cscn2)cc1C. The van der Waals surface area contributed by atoms with Crippen molar-refractivity contribution in [1.29, 1.82) is 0 Å². The molecule has 6 heteroatoms. The monoisotopic (exact) mass is 296 g/mol. The predicted molar refractivity (Wildman–Crippen MR) is 79.1 cm³/mol. The zero-order chi connectivity index (χ0) is 14.0. The van der Waals surface area contributed by atoms with E-state index in [0.29, 0.717) is 11.4 Å². The van der Waals surface area contributed by atoms with Crippen LogP contribution in [0, 0.1) is 13.8 Å². The largest absolute Gasteiger partial charge is 0.273 e. The maximum Gasteiger partial charge on any atom is 0.240 e. The van der Waals surface area contributed by atoms with Crippen LogP contribution in [0.5, 0.6) is 0 Å². The summed E-state index contributed by atoms with van der Waals surface area (Å²) in [6.07, 6.45) is 0. The molecule has 0 N–H and O–H groups in total. The summed E-state index contributed by atoms with van der Waals surface area (Å²) in [7, 11) is -1.81. The zero-order valence-corrected chi connectivity index (χ0v) is 12.8. The van der Waals surface area contributed by atoms with Crippen molar-refractivity contribution in [3.05, 3.63) is 45.9 Å². The Morgan fingerprint density at radius 2 is 2.00 bits per heavy atom. The van der Waals surface area contributed by atoms with Crippen LogP contribution in [0.2, 0.25) is 0 Å². The van der Waals surface area contributed by atoms with Gasteiger partial charge in [0, 0.05) is 12.4 Å². The van der Waals surface area contributed by atoms with Crippen molar-refractivity contribution < 1.29 is 8.42 Å². The Bertz CT molecular complexity index is 664. The molecule has 0 spiro atoms. The second kappa shape index (κ2) is 5.30. The van der Waals surface area contributed by atoms with E-state index in [-0.39, 0.29) is 5.75 Å². The second-order valence-corrected chi connectivity index (χ2v) is 7.19. The van der Waals surface area contributed by atoms with Gasteiger partial charge in [0.25, 0.3) is 0 Å². The fraction of sp³-hybridized carbons (Fsp3) is 0.308. The third kappa shape index (κ3) is 3.13. The molecule has 0 unspecified atom stereocenters. The quantitative estimate of drug-likeness (QED) is 0.871. The van der Waals surface area contributed by atoms with Crippen LogP contribution < -0.4 is 4.31 Å². The van der Waals surface area contributed by atoms with E-state index in [1.807, 2.05) is 32.0 Å². The van der Waals surface area contributed by atoms with Crippen molar-refractivity contribution in [2.24, 2.45) is 0 Å². The molecule has 1 heterocycles. The Hall–Kier alpha value is -1.40. The van der Waals surface area contributed by atoms with Gasteiger partial charge >= 0.3 is 0 Å². The summed E-state index contributed by atoms with van der Waals surface area (Å²) < 4.78 is 25.9. The van der Waals surface area contributed by atoms with Crippen LogP contribution in [0.1, 0.15) is 16.8 Å². The average molecular weight is 296 g/mol. The molecule has 2 aromatic rings. The molecule has 4 nitrogen and oxygen atoms in total. The van der Waals surface area contributed by atoms with Crippen molar-refractivity contribution in [3.63, 3.8) is 0 Å². The summed E-state index contributed by atoms with van der Waals surface area (Å²) in [6.45, 7) is 3.97. The number of sulfonamides is 1. The van der Waals surface area contributed by atoms with E-state index in [4.69, 9.17) is 0 Å². The van der Waals surface area contributed by atoms with Crippen molar-refractivity contribution in [2.75, 3.05) is 11.4 Å². The van der Waals surface area contributed by atoms with Gasteiger partial charge in [-0.05, 0) is 37.1 Å². The minimum Gasteiger partial charge on any atom is -0.273 e. The van der Waals surface area contributed by atoms with Crippen LogP contribution in [0.3, 0.4) is 0 Å². The van der Waals surface area contributed by atoms with Crippen molar-refractivity contribution in [3.8, 4) is 0 Å². The molecule has 2 rings (SSSR count). The third-order valence-electron chi connectivity index (χ3n) is 3.09. The lowest BCUT2D eigenvalue weighted by molar-refractivity contribution is 0.593. The Balaban J connectivity index is 2.27. The van der Waals surface area contributed by atoms with Gasteiger partial charge in [0.15, 0.2) is 0 Å². The van der Waals surface area contributed by atoms with E-state index in [9.17, 15) is 8.42 Å². The van der Waals surface area contributed by atoms with Gasteiger partial charge in [-0.15, -0.1) is 11.3 Å². The maximum atomic E-state index is 12.3. The topological polar surface area (TPSA) is 50.3 Å². The van der Waals surface area contributed by atoms with Crippen molar-refractivity contribution >= 4 is 27.0 Å². The lowest BCUT2D eigenvalue weighted by atomic mass is 10.1. The first-order valence-electron chi connectivity index (χ1n) is 5.81. The van der Waals surface area contributed by atoms with Crippen molar-refractivity contribution in [1.82, 2.24) is 4.98 Å². The predicted octanol–water partition coefficient (Wildman–Crippen LogP) is 2.73. The number of hydrogen-bond donors (Lipinski definition) is 0. The van der Waals surface area contributed by atoms with Gasteiger partial charge in [-0.25, -0.2) is 13.4 Å². The van der Waals surface area contributed by atoms with Crippen LogP contribution in [-0.2, 0) is 15.8 Å². The lowest BCUT2D eigenvalue weighted by Gasteiger charge is -2.19. The van der Waals surface area contributed by atoms with E-state index in [1.165, 1.54) is 15.6 Å². The molecule has 102 valence electrons. The number of benzene rings is 1. The van der Waals surface area contributed by atoms with E-state index >= 15 is 0 Å². The highest BCUT2D eigenvalue weighted by atomic mass is 32.2. The van der Waals surface area contributed by atoms with Crippen LogP contribution in [0.25, 0.3) is 0 Å². The van der Waals surface area contributed by atoms with Crippen LogP contribution in [0.4, 0.5) is 5.69 Å². The fourth-order valence-electron chi connectivity index (χ4n) is 1.67. The molecule has 0 radical (unpaired) electrons. The molecule has 19 heavy (non-hydrogen) atoms. The number of nitrogens with zero attached hydrogens (tertiary/aromatic N) is 2. The number of aromatic nitrogens is 1. The van der Waals surface area contributed by atoms with E-state index in [1.54, 1.807) is 17.9 Å². The van der Waals surface area contributed by atoms with Gasteiger partial charge < -0.3 is 0 Å². The summed E-state index contributed by atoms with van der Waals surface area (Å²) in [5.41, 5.74) is 5.13. The molecule has 1 aromatic carbocycles. The van der Waals surface area contributed by atoms with E-state index in [2.05, 4.69) is 4.98 Å². The molecule has 0 aliphatic heterocycles. The molecule has 0 amide bonds. The highest BCUT2D eigenvalue weighted by Crippen LogP contribution is 2.21. The molecule has 0 bridgehead atoms. The first-order valence-corrected chi connectivity index (χ1v) is 8.36. The molecule has 0 saturated heterocycles. The number of aryl methyl sites for hydroxylation is 2. The Morgan fingerprint density at radius 1 is 1.26 bits per heavy atom. The molecule has 0 atom stereocenters. The van der Waals surface area contributed by atoms with E-state index in [0.717, 1.165) is 11.1 Å². The molecule has 0 aliphatic carbocycles. The summed E-state index contributed by atoms with van der Waals surface area (Å²) in [5, 5.41) is 1.76. The Morgan fingerprint density at radius 3 is 2.58 bits per heavy atom. The average Bonchev–Trinajstić information content (AvgIpc) is 2.83. The zero-order valence-electron chi connectivity index (χ0n) is 11.1. The van der Waals surface area contributed by atoms with Crippen LogP contribution in [0.15, 0.2) is 29.1 Å². The normalized spacial score (nSPS) is 11.5. The standard InChI is InChI=1S/C13H16N2O2S2/c1-10-4-5-13(6-11(10)2)15(3)19(16,17)8-12-7-18-9-14-12/h4-7,9H,8H2,1-3H3. The lowest BCUT2D eigenvalue weighted by Crippen LogP contribution is -2.28. The summed E-state index contributed by atoms with van der Waals surface area (Å²) in [5.74, 6) is -0.0695. The first-order chi connectivity index (χ1) is 8.90. The number of rotatable bonds is 4. The summed E-state index contributed by atoms with van der Waals surface area (Å²) >= 11 is 1.40. The summed E-state index contributed by atoms with van der Waals surface area (Å²) in [4.78, 5) is 4.02. The molecule has 0 aliphatic rings. The molecule has 0 fully saturated rings. The highest BCUT2D eigenvalue weighted by Gasteiger charge is 2.20. The minimum atomic E-state index is -3.39. The summed E-state index contributed by atoms with van der Waals surface area (Å²) in [6, 6.07) is 5.63. The van der Waals surface area contributed by atoms with E-state index < -0.39 is 10.0 Å². The van der Waals surface area contributed by atoms with Gasteiger partial charge in [0.05, 0.1) is 16.9 Å². The van der Waals surface area contributed by atoms with Gasteiger partial charge in [-0.1, -0.05) is 6.07 Å². The fourth-order valence-corrected chi connectivity index (χ4v) is 3.50. The van der Waals surface area contributed by atoms with Crippen LogP contribution >= 0.6 is 11.3 Å². The maximum absolute atomic E-state index is 12.3. The first kappa shape index (κ1) is 14.0. The molecular formula is C13H16N2O2S2. The second-order valence-electron chi connectivity index (χ2n) is 4.47. The number of anilines is 1. The highest BCUT2D eigenvalue weighted by molar-refractivity contribution is 7.92. The Labute approximate surface area is 117 Å². The third-order valence-corrected chi connectivity index (χ3v) is 5.43. The van der Waals surface area contributed by atoms with Gasteiger partial charge in [-0.3, -0.25) is 4.31 Å². The van der Waals surface area contributed by atoms with Crippen molar-refractivity contribution in [2.45, 2.75) is 19.6 Å². The van der Waals surface area contributed by atoms with Gasteiger partial charge in [0.2, 0.25) is 10.0 Å². The number of thiazole rings is 1. The molecular weight excluding hydrogens is 280 g/mol.